The minimum Gasteiger partial charge on any atom is -0.427 e. The molecule has 1 fully saturated rings. The number of benzene rings is 2. The first-order valence-electron chi connectivity index (χ1n) is 10.5. The van der Waals surface area contributed by atoms with Gasteiger partial charge >= 0.3 is 5.97 Å². The molecule has 1 heterocycles. The van der Waals surface area contributed by atoms with E-state index in [9.17, 15) is 14.4 Å². The van der Waals surface area contributed by atoms with Gasteiger partial charge in [0.15, 0.2) is 0 Å². The minimum absolute atomic E-state index is 0.0213. The highest BCUT2D eigenvalue weighted by Crippen LogP contribution is 2.18. The van der Waals surface area contributed by atoms with Crippen molar-refractivity contribution in [2.24, 2.45) is 5.92 Å². The van der Waals surface area contributed by atoms with Crippen LogP contribution in [0.5, 0.6) is 5.75 Å². The van der Waals surface area contributed by atoms with E-state index in [2.05, 4.69) is 5.32 Å². The Morgan fingerprint density at radius 3 is 2.55 bits per heavy atom. The van der Waals surface area contributed by atoms with Crippen LogP contribution in [0.3, 0.4) is 0 Å². The Balaban J connectivity index is 1.45. The Bertz CT molecular complexity index is 975. The molecular weight excluding hydrogens is 392 g/mol. The monoisotopic (exact) mass is 420 g/mol. The number of rotatable bonds is 6. The van der Waals surface area contributed by atoms with Gasteiger partial charge in [-0.25, -0.2) is 0 Å². The standard InChI is InChI=1S/C25H28N2O4/c1-18-6-3-4-7-21(18)10-11-24(29)27-14-12-20(13-15-27)17-26-25(30)22-8-5-9-23(16-22)31-19(2)28/h3-11,16,20H,12-15,17H2,1-2H3,(H,26,30)/b11-10+. The van der Waals surface area contributed by atoms with Gasteiger partial charge in [0.05, 0.1) is 0 Å². The molecule has 0 saturated carbocycles. The summed E-state index contributed by atoms with van der Waals surface area (Å²) in [6, 6.07) is 14.5. The second-order valence-corrected chi connectivity index (χ2v) is 7.79. The Morgan fingerprint density at radius 1 is 1.10 bits per heavy atom. The largest absolute Gasteiger partial charge is 0.427 e. The highest BCUT2D eigenvalue weighted by atomic mass is 16.5. The van der Waals surface area contributed by atoms with Crippen LogP contribution in [0.4, 0.5) is 0 Å². The van der Waals surface area contributed by atoms with Crippen LogP contribution >= 0.6 is 0 Å². The molecule has 1 aliphatic rings. The first-order chi connectivity index (χ1) is 14.9. The molecule has 6 heteroatoms. The number of piperidine rings is 1. The number of aryl methyl sites for hydroxylation is 1. The maximum atomic E-state index is 12.5. The maximum absolute atomic E-state index is 12.5. The predicted octanol–water partition coefficient (Wildman–Crippen LogP) is 3.60. The first kappa shape index (κ1) is 22.3. The zero-order valence-electron chi connectivity index (χ0n) is 18.0. The number of likely N-dealkylation sites (tertiary alicyclic amines) is 1. The molecule has 1 saturated heterocycles. The van der Waals surface area contributed by atoms with Crippen molar-refractivity contribution in [1.29, 1.82) is 0 Å². The van der Waals surface area contributed by atoms with Gasteiger partial charge in [-0.3, -0.25) is 14.4 Å². The fraction of sp³-hybridized carbons (Fsp3) is 0.320. The average molecular weight is 421 g/mol. The average Bonchev–Trinajstić information content (AvgIpc) is 2.77. The van der Waals surface area contributed by atoms with Crippen molar-refractivity contribution >= 4 is 23.9 Å². The van der Waals surface area contributed by atoms with Crippen LogP contribution < -0.4 is 10.1 Å². The van der Waals surface area contributed by atoms with Crippen LogP contribution in [0.1, 0.15) is 41.3 Å². The van der Waals surface area contributed by atoms with Crippen LogP contribution in [0.15, 0.2) is 54.6 Å². The highest BCUT2D eigenvalue weighted by molar-refractivity contribution is 5.94. The molecule has 1 N–H and O–H groups in total. The van der Waals surface area contributed by atoms with Crippen molar-refractivity contribution in [2.75, 3.05) is 19.6 Å². The molecule has 0 atom stereocenters. The number of nitrogens with zero attached hydrogens (tertiary/aromatic N) is 1. The van der Waals surface area contributed by atoms with E-state index in [4.69, 9.17) is 4.74 Å². The number of ether oxygens (including phenoxy) is 1. The van der Waals surface area contributed by atoms with E-state index in [1.807, 2.05) is 42.2 Å². The second-order valence-electron chi connectivity index (χ2n) is 7.79. The SMILES string of the molecule is CC(=O)Oc1cccc(C(=O)NCC2CCN(C(=O)/C=C/c3ccccc3C)CC2)c1. The van der Waals surface area contributed by atoms with Gasteiger partial charge < -0.3 is 15.0 Å². The smallest absolute Gasteiger partial charge is 0.308 e. The van der Waals surface area contributed by atoms with E-state index in [1.165, 1.54) is 6.92 Å². The van der Waals surface area contributed by atoms with Gasteiger partial charge in [-0.05, 0) is 61.1 Å². The van der Waals surface area contributed by atoms with E-state index in [0.717, 1.165) is 24.0 Å². The fourth-order valence-electron chi connectivity index (χ4n) is 3.60. The third-order valence-electron chi connectivity index (χ3n) is 5.43. The number of amides is 2. The Kier molecular flexibility index (Phi) is 7.60. The summed E-state index contributed by atoms with van der Waals surface area (Å²) < 4.78 is 5.03. The summed E-state index contributed by atoms with van der Waals surface area (Å²) >= 11 is 0. The van der Waals surface area contributed by atoms with Gasteiger partial charge in [0, 0.05) is 38.2 Å². The lowest BCUT2D eigenvalue weighted by Crippen LogP contribution is -2.41. The van der Waals surface area contributed by atoms with Gasteiger partial charge in [0.1, 0.15) is 5.75 Å². The van der Waals surface area contributed by atoms with Crippen molar-refractivity contribution < 1.29 is 19.1 Å². The lowest BCUT2D eigenvalue weighted by Gasteiger charge is -2.31. The number of nitrogens with one attached hydrogen (secondary N) is 1. The van der Waals surface area contributed by atoms with Crippen molar-refractivity contribution in [3.63, 3.8) is 0 Å². The third kappa shape index (κ3) is 6.54. The van der Waals surface area contributed by atoms with E-state index in [1.54, 1.807) is 30.3 Å². The fourth-order valence-corrected chi connectivity index (χ4v) is 3.60. The molecule has 1 aliphatic heterocycles. The Morgan fingerprint density at radius 2 is 1.84 bits per heavy atom. The lowest BCUT2D eigenvalue weighted by atomic mass is 9.96. The number of esters is 1. The van der Waals surface area contributed by atoms with E-state index in [0.29, 0.717) is 36.9 Å². The Labute approximate surface area is 182 Å². The topological polar surface area (TPSA) is 75.7 Å². The maximum Gasteiger partial charge on any atom is 0.308 e. The zero-order chi connectivity index (χ0) is 22.2. The van der Waals surface area contributed by atoms with Crippen molar-refractivity contribution in [1.82, 2.24) is 10.2 Å². The number of hydrogen-bond donors (Lipinski definition) is 1. The van der Waals surface area contributed by atoms with Crippen LogP contribution in [-0.2, 0) is 9.59 Å². The van der Waals surface area contributed by atoms with Gasteiger partial charge in [-0.2, -0.15) is 0 Å². The van der Waals surface area contributed by atoms with E-state index in [-0.39, 0.29) is 11.8 Å². The summed E-state index contributed by atoms with van der Waals surface area (Å²) in [7, 11) is 0. The molecule has 0 radical (unpaired) electrons. The van der Waals surface area contributed by atoms with Crippen LogP contribution in [0.25, 0.3) is 6.08 Å². The van der Waals surface area contributed by atoms with Gasteiger partial charge in [0.25, 0.3) is 5.91 Å². The summed E-state index contributed by atoms with van der Waals surface area (Å²) in [6.45, 7) is 5.26. The molecule has 31 heavy (non-hydrogen) atoms. The molecule has 2 amide bonds. The highest BCUT2D eigenvalue weighted by Gasteiger charge is 2.22. The third-order valence-corrected chi connectivity index (χ3v) is 5.43. The molecule has 0 aromatic heterocycles. The summed E-state index contributed by atoms with van der Waals surface area (Å²) in [4.78, 5) is 37.8. The Hall–Kier alpha value is -3.41. The van der Waals surface area contributed by atoms with Gasteiger partial charge in [0.2, 0.25) is 5.91 Å². The molecule has 0 bridgehead atoms. The quantitative estimate of drug-likeness (QED) is 0.440. The van der Waals surface area contributed by atoms with Crippen LogP contribution in [-0.4, -0.2) is 42.3 Å². The zero-order valence-corrected chi connectivity index (χ0v) is 18.0. The molecule has 162 valence electrons. The molecule has 0 spiro atoms. The van der Waals surface area contributed by atoms with Crippen molar-refractivity contribution in [3.8, 4) is 5.75 Å². The lowest BCUT2D eigenvalue weighted by molar-refractivity contribution is -0.132. The molecule has 0 unspecified atom stereocenters. The molecular formula is C25H28N2O4. The minimum atomic E-state index is -0.424. The summed E-state index contributed by atoms with van der Waals surface area (Å²) in [5, 5.41) is 2.95. The molecule has 0 aliphatic carbocycles. The van der Waals surface area contributed by atoms with Gasteiger partial charge in [-0.1, -0.05) is 30.3 Å². The van der Waals surface area contributed by atoms with Crippen LogP contribution in [0.2, 0.25) is 0 Å². The molecule has 2 aromatic carbocycles. The summed E-state index contributed by atoms with van der Waals surface area (Å²) in [5.74, 6) is 0.0741. The van der Waals surface area contributed by atoms with E-state index >= 15 is 0 Å². The van der Waals surface area contributed by atoms with Crippen LogP contribution in [0, 0.1) is 12.8 Å². The number of hydrogen-bond acceptors (Lipinski definition) is 4. The molecule has 3 rings (SSSR count). The molecule has 2 aromatic rings. The first-order valence-corrected chi connectivity index (χ1v) is 10.5. The normalized spacial score (nSPS) is 14.5. The second kappa shape index (κ2) is 10.6. The predicted molar refractivity (Wildman–Crippen MR) is 120 cm³/mol. The van der Waals surface area contributed by atoms with Gasteiger partial charge in [-0.15, -0.1) is 0 Å². The van der Waals surface area contributed by atoms with Crippen molar-refractivity contribution in [3.05, 3.63) is 71.3 Å². The number of carbonyl (C=O) groups is 3. The van der Waals surface area contributed by atoms with Crippen molar-refractivity contribution in [2.45, 2.75) is 26.7 Å². The van der Waals surface area contributed by atoms with E-state index < -0.39 is 5.97 Å². The molecule has 6 nitrogen and oxygen atoms in total. The summed E-state index contributed by atoms with van der Waals surface area (Å²) in [6.07, 6.45) is 5.20. The summed E-state index contributed by atoms with van der Waals surface area (Å²) in [5.41, 5.74) is 2.64. The number of carbonyl (C=O) groups excluding carboxylic acids is 3.